The summed E-state index contributed by atoms with van der Waals surface area (Å²) in [6, 6.07) is 20.2. The minimum atomic E-state index is -0.335. The Bertz CT molecular complexity index is 1070. The lowest BCUT2D eigenvalue weighted by molar-refractivity contribution is -0.137. The fourth-order valence-corrected chi connectivity index (χ4v) is 5.82. The van der Waals surface area contributed by atoms with E-state index < -0.39 is 0 Å². The maximum absolute atomic E-state index is 11.0. The van der Waals surface area contributed by atoms with Crippen molar-refractivity contribution in [3.63, 3.8) is 0 Å². The number of nitriles is 1. The Labute approximate surface area is 242 Å². The van der Waals surface area contributed by atoms with Crippen molar-refractivity contribution in [3.05, 3.63) is 66.7 Å². The molecule has 0 amide bonds. The van der Waals surface area contributed by atoms with Gasteiger partial charge in [-0.25, -0.2) is 4.79 Å². The molecule has 0 heterocycles. The summed E-state index contributed by atoms with van der Waals surface area (Å²) in [5.74, 6) is 1.71. The van der Waals surface area contributed by atoms with E-state index in [1.54, 1.807) is 0 Å². The first-order valence-corrected chi connectivity index (χ1v) is 15.5. The van der Waals surface area contributed by atoms with Gasteiger partial charge >= 0.3 is 5.97 Å². The summed E-state index contributed by atoms with van der Waals surface area (Å²) in [7, 11) is 0. The van der Waals surface area contributed by atoms with E-state index in [2.05, 4.69) is 75.0 Å². The topological polar surface area (TPSA) is 59.3 Å². The second kappa shape index (κ2) is 16.9. The van der Waals surface area contributed by atoms with Gasteiger partial charge in [0.25, 0.3) is 0 Å². The largest absolute Gasteiger partial charge is 0.494 e. The van der Waals surface area contributed by atoms with Gasteiger partial charge in [0, 0.05) is 6.08 Å². The van der Waals surface area contributed by atoms with Crippen LogP contribution in [0.4, 0.5) is 0 Å². The fraction of sp³-hybridized carbons (Fsp3) is 0.556. The molecule has 4 heteroatoms. The summed E-state index contributed by atoms with van der Waals surface area (Å²) in [5, 5.41) is 10.2. The van der Waals surface area contributed by atoms with Crippen LogP contribution >= 0.6 is 0 Å². The van der Waals surface area contributed by atoms with E-state index >= 15 is 0 Å². The molecular formula is C36H49NO3. The first-order chi connectivity index (χ1) is 19.4. The quantitative estimate of drug-likeness (QED) is 0.113. The summed E-state index contributed by atoms with van der Waals surface area (Å²) in [4.78, 5) is 11.0. The highest BCUT2D eigenvalue weighted by molar-refractivity contribution is 5.81. The molecule has 1 fully saturated rings. The molecule has 2 aromatic rings. The van der Waals surface area contributed by atoms with E-state index in [9.17, 15) is 10.1 Å². The number of carbonyl (C=O) groups excluding carboxylic acids is 1. The Morgan fingerprint density at radius 1 is 0.975 bits per heavy atom. The maximum atomic E-state index is 11.0. The van der Waals surface area contributed by atoms with Gasteiger partial charge in [-0.15, -0.1) is 0 Å². The van der Waals surface area contributed by atoms with Crippen LogP contribution in [-0.2, 0) is 9.53 Å². The van der Waals surface area contributed by atoms with Crippen LogP contribution in [0, 0.1) is 22.7 Å². The van der Waals surface area contributed by atoms with Crippen molar-refractivity contribution in [2.24, 2.45) is 11.3 Å². The molecule has 2 aromatic carbocycles. The minimum absolute atomic E-state index is 0.179. The number of carbonyl (C=O) groups is 1. The molecule has 0 bridgehead atoms. The highest BCUT2D eigenvalue weighted by Crippen LogP contribution is 2.47. The molecule has 0 aliphatic heterocycles. The Kier molecular flexibility index (Phi) is 13.3. The van der Waals surface area contributed by atoms with E-state index in [4.69, 9.17) is 9.47 Å². The third-order valence-electron chi connectivity index (χ3n) is 8.33. The molecule has 0 saturated heterocycles. The van der Waals surface area contributed by atoms with Gasteiger partial charge in [0.15, 0.2) is 0 Å². The predicted molar refractivity (Wildman–Crippen MR) is 164 cm³/mol. The highest BCUT2D eigenvalue weighted by Gasteiger charge is 2.36. The zero-order valence-electron chi connectivity index (χ0n) is 24.8. The van der Waals surface area contributed by atoms with E-state index in [0.717, 1.165) is 63.7 Å². The van der Waals surface area contributed by atoms with Gasteiger partial charge in [0.2, 0.25) is 0 Å². The molecule has 216 valence electrons. The number of ether oxygens (including phenoxy) is 2. The molecule has 1 aliphatic rings. The van der Waals surface area contributed by atoms with Crippen LogP contribution in [0.2, 0.25) is 0 Å². The monoisotopic (exact) mass is 543 g/mol. The molecule has 0 aromatic heterocycles. The number of esters is 1. The summed E-state index contributed by atoms with van der Waals surface area (Å²) < 4.78 is 10.9. The molecule has 2 unspecified atom stereocenters. The number of hydrogen-bond acceptors (Lipinski definition) is 4. The number of rotatable bonds is 17. The Morgan fingerprint density at radius 3 is 2.23 bits per heavy atom. The number of nitrogens with zero attached hydrogens (tertiary/aromatic N) is 1. The molecule has 0 spiro atoms. The van der Waals surface area contributed by atoms with Gasteiger partial charge in [-0.3, -0.25) is 0 Å². The van der Waals surface area contributed by atoms with Crippen molar-refractivity contribution in [3.8, 4) is 22.9 Å². The van der Waals surface area contributed by atoms with Crippen LogP contribution in [0.25, 0.3) is 11.1 Å². The molecule has 0 N–H and O–H groups in total. The smallest absolute Gasteiger partial charge is 0.330 e. The zero-order valence-corrected chi connectivity index (χ0v) is 24.8. The second-order valence-corrected chi connectivity index (χ2v) is 12.0. The summed E-state index contributed by atoms with van der Waals surface area (Å²) >= 11 is 0. The average molecular weight is 544 g/mol. The molecule has 2 atom stereocenters. The first-order valence-electron chi connectivity index (χ1n) is 15.5. The summed E-state index contributed by atoms with van der Waals surface area (Å²) in [5.41, 5.74) is 3.61. The van der Waals surface area contributed by atoms with Gasteiger partial charge < -0.3 is 9.47 Å². The molecule has 0 radical (unpaired) electrons. The van der Waals surface area contributed by atoms with Gasteiger partial charge in [0.1, 0.15) is 5.75 Å². The van der Waals surface area contributed by atoms with Crippen LogP contribution in [-0.4, -0.2) is 19.2 Å². The average Bonchev–Trinajstić information content (AvgIpc) is 2.98. The highest BCUT2D eigenvalue weighted by atomic mass is 16.5. The van der Waals surface area contributed by atoms with Crippen molar-refractivity contribution < 1.29 is 14.3 Å². The Morgan fingerprint density at radius 2 is 1.60 bits per heavy atom. The number of hydrogen-bond donors (Lipinski definition) is 0. The third-order valence-corrected chi connectivity index (χ3v) is 8.33. The zero-order chi connectivity index (χ0) is 28.6. The lowest BCUT2D eigenvalue weighted by Gasteiger charge is -2.36. The lowest BCUT2D eigenvalue weighted by Crippen LogP contribution is -2.26. The third kappa shape index (κ3) is 10.5. The van der Waals surface area contributed by atoms with Crippen molar-refractivity contribution in [2.45, 2.75) is 103 Å². The lowest BCUT2D eigenvalue weighted by atomic mass is 9.66. The van der Waals surface area contributed by atoms with Crippen molar-refractivity contribution >= 4 is 5.97 Å². The van der Waals surface area contributed by atoms with E-state index in [1.807, 2.05) is 0 Å². The summed E-state index contributed by atoms with van der Waals surface area (Å²) in [6.45, 7) is 9.08. The number of benzene rings is 2. The van der Waals surface area contributed by atoms with Crippen molar-refractivity contribution in [1.29, 1.82) is 5.26 Å². The van der Waals surface area contributed by atoms with Gasteiger partial charge in [-0.2, -0.15) is 5.26 Å². The van der Waals surface area contributed by atoms with Crippen molar-refractivity contribution in [1.82, 2.24) is 0 Å². The summed E-state index contributed by atoms with van der Waals surface area (Å²) in [6.07, 6.45) is 15.5. The van der Waals surface area contributed by atoms with E-state index in [0.29, 0.717) is 18.4 Å². The molecule has 4 nitrogen and oxygen atoms in total. The van der Waals surface area contributed by atoms with E-state index in [-0.39, 0.29) is 11.4 Å². The molecule has 1 saturated carbocycles. The minimum Gasteiger partial charge on any atom is -0.494 e. The van der Waals surface area contributed by atoms with Crippen LogP contribution < -0.4 is 4.74 Å². The number of unbranched alkanes of at least 4 members (excludes halogenated alkanes) is 6. The van der Waals surface area contributed by atoms with Gasteiger partial charge in [-0.05, 0) is 79.2 Å². The molecule has 1 aliphatic carbocycles. The molecular weight excluding hydrogens is 494 g/mol. The molecule has 3 rings (SSSR count). The standard InChI is InChI=1S/C36H49NO3/c1-4-35(38)40-25-11-9-7-5-6-8-10-23-36(28-37)24-12-13-33(27-36)32-16-14-30(15-17-32)31-18-20-34(21-19-31)39-26-22-29(2)3/h4,14-21,29,33H,1,5-13,22-27H2,2-3H3. The Balaban J connectivity index is 1.41. The van der Waals surface area contributed by atoms with Gasteiger partial charge in [-0.1, -0.05) is 102 Å². The van der Waals surface area contributed by atoms with Crippen LogP contribution in [0.3, 0.4) is 0 Å². The normalized spacial score (nSPS) is 18.7. The maximum Gasteiger partial charge on any atom is 0.330 e. The van der Waals surface area contributed by atoms with Gasteiger partial charge in [0.05, 0.1) is 24.7 Å². The van der Waals surface area contributed by atoms with Crippen LogP contribution in [0.5, 0.6) is 5.75 Å². The van der Waals surface area contributed by atoms with Crippen LogP contribution in [0.15, 0.2) is 61.2 Å². The predicted octanol–water partition coefficient (Wildman–Crippen LogP) is 9.80. The SMILES string of the molecule is C=CC(=O)OCCCCCCCCCC1(C#N)CCCC(c2ccc(-c3ccc(OCCC(C)C)cc3)cc2)C1. The first kappa shape index (κ1) is 31.5. The second-order valence-electron chi connectivity index (χ2n) is 12.0. The van der Waals surface area contributed by atoms with Crippen LogP contribution in [0.1, 0.15) is 109 Å². The molecule has 40 heavy (non-hydrogen) atoms. The Hall–Kier alpha value is -3.06. The van der Waals surface area contributed by atoms with E-state index in [1.165, 1.54) is 54.9 Å². The van der Waals surface area contributed by atoms with Crippen molar-refractivity contribution in [2.75, 3.05) is 13.2 Å². The fourth-order valence-electron chi connectivity index (χ4n) is 5.82.